The summed E-state index contributed by atoms with van der Waals surface area (Å²) in [5.74, 6) is 1.38. The fourth-order valence-corrected chi connectivity index (χ4v) is 3.21. The molecular formula is C17H24N4O. The fourth-order valence-electron chi connectivity index (χ4n) is 3.21. The minimum atomic E-state index is 0.659. The lowest BCUT2D eigenvalue weighted by Crippen LogP contribution is -2.37. The van der Waals surface area contributed by atoms with E-state index in [-0.39, 0.29) is 0 Å². The van der Waals surface area contributed by atoms with Crippen molar-refractivity contribution in [3.8, 4) is 11.4 Å². The summed E-state index contributed by atoms with van der Waals surface area (Å²) >= 11 is 0. The van der Waals surface area contributed by atoms with Gasteiger partial charge in [0, 0.05) is 24.7 Å². The number of hydrogen-bond acceptors (Lipinski definition) is 5. The molecule has 0 aliphatic carbocycles. The van der Waals surface area contributed by atoms with Gasteiger partial charge in [-0.2, -0.15) is 4.98 Å². The molecule has 5 heteroatoms. The van der Waals surface area contributed by atoms with Gasteiger partial charge in [-0.05, 0) is 19.5 Å². The van der Waals surface area contributed by atoms with Crippen molar-refractivity contribution >= 4 is 0 Å². The Labute approximate surface area is 131 Å². The van der Waals surface area contributed by atoms with Gasteiger partial charge in [0.05, 0.1) is 6.54 Å². The van der Waals surface area contributed by atoms with Crippen LogP contribution in [-0.2, 0) is 6.54 Å². The summed E-state index contributed by atoms with van der Waals surface area (Å²) < 4.78 is 5.41. The zero-order valence-electron chi connectivity index (χ0n) is 13.4. The van der Waals surface area contributed by atoms with Crippen molar-refractivity contribution < 1.29 is 4.52 Å². The zero-order valence-corrected chi connectivity index (χ0v) is 13.4. The van der Waals surface area contributed by atoms with Crippen molar-refractivity contribution in [2.45, 2.75) is 32.9 Å². The molecule has 22 heavy (non-hydrogen) atoms. The van der Waals surface area contributed by atoms with Crippen LogP contribution in [0.4, 0.5) is 0 Å². The largest absolute Gasteiger partial charge is 0.338 e. The van der Waals surface area contributed by atoms with Gasteiger partial charge in [-0.15, -0.1) is 0 Å². The van der Waals surface area contributed by atoms with Gasteiger partial charge in [0.2, 0.25) is 11.7 Å². The quantitative estimate of drug-likeness (QED) is 0.820. The van der Waals surface area contributed by atoms with Crippen LogP contribution in [0, 0.1) is 0 Å². The van der Waals surface area contributed by atoms with Gasteiger partial charge in [-0.1, -0.05) is 49.3 Å². The molecule has 1 aromatic carbocycles. The maximum absolute atomic E-state index is 5.41. The first kappa shape index (κ1) is 15.2. The van der Waals surface area contributed by atoms with Crippen LogP contribution in [0.3, 0.4) is 0 Å². The van der Waals surface area contributed by atoms with Gasteiger partial charge in [0.15, 0.2) is 0 Å². The monoisotopic (exact) mass is 300 g/mol. The molecule has 2 heterocycles. The maximum Gasteiger partial charge on any atom is 0.241 e. The lowest BCUT2D eigenvalue weighted by atomic mass is 10.2. The van der Waals surface area contributed by atoms with E-state index in [0.717, 1.165) is 38.3 Å². The zero-order chi connectivity index (χ0) is 15.4. The molecule has 0 saturated carbocycles. The Kier molecular flexibility index (Phi) is 4.85. The molecule has 1 fully saturated rings. The summed E-state index contributed by atoms with van der Waals surface area (Å²) in [6.07, 6.45) is 1.22. The van der Waals surface area contributed by atoms with Gasteiger partial charge in [-0.3, -0.25) is 9.80 Å². The summed E-state index contributed by atoms with van der Waals surface area (Å²) in [5.41, 5.74) is 1.000. The van der Waals surface area contributed by atoms with E-state index in [4.69, 9.17) is 4.52 Å². The summed E-state index contributed by atoms with van der Waals surface area (Å²) in [7, 11) is 0. The fraction of sp³-hybridized carbons (Fsp3) is 0.529. The van der Waals surface area contributed by atoms with E-state index in [1.807, 2.05) is 30.3 Å². The summed E-state index contributed by atoms with van der Waals surface area (Å²) in [6.45, 7) is 9.64. The van der Waals surface area contributed by atoms with Crippen molar-refractivity contribution in [1.29, 1.82) is 0 Å². The molecule has 118 valence electrons. The maximum atomic E-state index is 5.41. The number of aromatic nitrogens is 2. The van der Waals surface area contributed by atoms with Crippen molar-refractivity contribution in [3.05, 3.63) is 36.2 Å². The third-order valence-electron chi connectivity index (χ3n) is 4.44. The Morgan fingerprint density at radius 2 is 2.00 bits per heavy atom. The number of hydrogen-bond donors (Lipinski definition) is 0. The topological polar surface area (TPSA) is 45.4 Å². The molecule has 5 nitrogen and oxygen atoms in total. The molecule has 1 unspecified atom stereocenters. The number of benzene rings is 1. The first-order valence-electron chi connectivity index (χ1n) is 8.14. The van der Waals surface area contributed by atoms with E-state index in [0.29, 0.717) is 17.8 Å². The lowest BCUT2D eigenvalue weighted by molar-refractivity contribution is 0.201. The van der Waals surface area contributed by atoms with Gasteiger partial charge >= 0.3 is 0 Å². The summed E-state index contributed by atoms with van der Waals surface area (Å²) in [6, 6.07) is 10.6. The Morgan fingerprint density at radius 1 is 1.23 bits per heavy atom. The normalized spacial score (nSPS) is 19.1. The first-order valence-corrected chi connectivity index (χ1v) is 8.14. The highest BCUT2D eigenvalue weighted by molar-refractivity contribution is 5.53. The molecule has 0 radical (unpaired) electrons. The van der Waals surface area contributed by atoms with E-state index < -0.39 is 0 Å². The van der Waals surface area contributed by atoms with E-state index in [9.17, 15) is 0 Å². The predicted octanol–water partition coefficient (Wildman–Crippen LogP) is 2.65. The van der Waals surface area contributed by atoms with Crippen molar-refractivity contribution in [2.24, 2.45) is 0 Å². The number of likely N-dealkylation sites (N-methyl/N-ethyl adjacent to an activating group) is 1. The van der Waals surface area contributed by atoms with Crippen LogP contribution < -0.4 is 0 Å². The molecule has 1 aromatic heterocycles. The molecule has 0 N–H and O–H groups in total. The molecule has 1 aliphatic heterocycles. The highest BCUT2D eigenvalue weighted by atomic mass is 16.5. The van der Waals surface area contributed by atoms with Crippen LogP contribution in [0.2, 0.25) is 0 Å². The molecular weight excluding hydrogens is 276 g/mol. The van der Waals surface area contributed by atoms with E-state index >= 15 is 0 Å². The molecule has 1 saturated heterocycles. The Hall–Kier alpha value is -1.72. The van der Waals surface area contributed by atoms with Crippen LogP contribution in [0.25, 0.3) is 11.4 Å². The SMILES string of the molecule is CCN(CC)C1CCN(Cc2nc(-c3ccccc3)no2)C1. The molecule has 1 atom stereocenters. The van der Waals surface area contributed by atoms with Crippen LogP contribution >= 0.6 is 0 Å². The summed E-state index contributed by atoms with van der Waals surface area (Å²) in [5, 5.41) is 4.09. The van der Waals surface area contributed by atoms with Crippen molar-refractivity contribution in [2.75, 3.05) is 26.2 Å². The van der Waals surface area contributed by atoms with Gasteiger partial charge in [0.25, 0.3) is 0 Å². The lowest BCUT2D eigenvalue weighted by Gasteiger charge is -2.25. The van der Waals surface area contributed by atoms with Crippen molar-refractivity contribution in [3.63, 3.8) is 0 Å². The average molecular weight is 300 g/mol. The third kappa shape index (κ3) is 3.36. The Balaban J connectivity index is 1.60. The number of nitrogens with zero attached hydrogens (tertiary/aromatic N) is 4. The van der Waals surface area contributed by atoms with E-state index in [1.54, 1.807) is 0 Å². The standard InChI is InChI=1S/C17H24N4O/c1-3-21(4-2)15-10-11-20(12-15)13-16-18-17(19-22-16)14-8-6-5-7-9-14/h5-9,15H,3-4,10-13H2,1-2H3. The second-order valence-corrected chi connectivity index (χ2v) is 5.78. The average Bonchev–Trinajstić information content (AvgIpc) is 3.20. The smallest absolute Gasteiger partial charge is 0.241 e. The molecule has 0 bridgehead atoms. The second-order valence-electron chi connectivity index (χ2n) is 5.78. The Bertz CT molecular complexity index is 579. The predicted molar refractivity (Wildman–Crippen MR) is 86.3 cm³/mol. The molecule has 0 amide bonds. The second kappa shape index (κ2) is 7.03. The molecule has 3 rings (SSSR count). The highest BCUT2D eigenvalue weighted by Crippen LogP contribution is 2.19. The van der Waals surface area contributed by atoms with Crippen LogP contribution in [0.15, 0.2) is 34.9 Å². The van der Waals surface area contributed by atoms with Crippen molar-refractivity contribution in [1.82, 2.24) is 19.9 Å². The van der Waals surface area contributed by atoms with Gasteiger partial charge in [-0.25, -0.2) is 0 Å². The van der Waals surface area contributed by atoms with E-state index in [1.165, 1.54) is 6.42 Å². The van der Waals surface area contributed by atoms with Crippen LogP contribution in [0.5, 0.6) is 0 Å². The van der Waals surface area contributed by atoms with Gasteiger partial charge in [0.1, 0.15) is 0 Å². The Morgan fingerprint density at radius 3 is 2.73 bits per heavy atom. The van der Waals surface area contributed by atoms with Crippen LogP contribution in [0.1, 0.15) is 26.2 Å². The molecule has 2 aromatic rings. The van der Waals surface area contributed by atoms with Gasteiger partial charge < -0.3 is 4.52 Å². The number of rotatable bonds is 6. The minimum Gasteiger partial charge on any atom is -0.338 e. The first-order chi connectivity index (χ1) is 10.8. The molecule has 1 aliphatic rings. The molecule has 0 spiro atoms. The highest BCUT2D eigenvalue weighted by Gasteiger charge is 2.27. The van der Waals surface area contributed by atoms with Crippen LogP contribution in [-0.4, -0.2) is 52.2 Å². The third-order valence-corrected chi connectivity index (χ3v) is 4.44. The minimum absolute atomic E-state index is 0.659. The van der Waals surface area contributed by atoms with E-state index in [2.05, 4.69) is 33.8 Å². The number of likely N-dealkylation sites (tertiary alicyclic amines) is 1. The summed E-state index contributed by atoms with van der Waals surface area (Å²) in [4.78, 5) is 9.46.